The van der Waals surface area contributed by atoms with Gasteiger partial charge in [0.1, 0.15) is 12.2 Å². The molecule has 0 radical (unpaired) electrons. The molecule has 1 aliphatic rings. The Morgan fingerprint density at radius 3 is 2.43 bits per heavy atom. The van der Waals surface area contributed by atoms with E-state index >= 15 is 0 Å². The maximum absolute atomic E-state index is 12.4. The van der Waals surface area contributed by atoms with E-state index in [0.29, 0.717) is 0 Å². The Balaban J connectivity index is 2.46. The Labute approximate surface area is 172 Å². The van der Waals surface area contributed by atoms with E-state index in [-0.39, 0.29) is 6.42 Å². The lowest BCUT2D eigenvalue weighted by atomic mass is 10.1. The van der Waals surface area contributed by atoms with E-state index in [1.807, 2.05) is 0 Å². The zero-order valence-electron chi connectivity index (χ0n) is 16.9. The summed E-state index contributed by atoms with van der Waals surface area (Å²) in [4.78, 5) is 45.5. The second-order valence-electron chi connectivity index (χ2n) is 6.97. The van der Waals surface area contributed by atoms with Gasteiger partial charge in [0.2, 0.25) is 0 Å². The standard InChI is InChI=1S/C16H26N2O10P2/c1-10(2)27-30(23,24)28-14-11(6-8-29(21,22)26-4)9-12(15(14)25-3)18-7-5-13(19)17-16(18)20/h5-8,10-12,14-15H,9H2,1-4H3,(H,21,22)(H,23,24)(H,17,19,20)/b8-6+/t11-,12-,14+,15-/m0/s1. The summed E-state index contributed by atoms with van der Waals surface area (Å²) in [6.45, 7) is 3.10. The molecule has 170 valence electrons. The molecule has 30 heavy (non-hydrogen) atoms. The lowest BCUT2D eigenvalue weighted by Gasteiger charge is -2.27. The average Bonchev–Trinajstić information content (AvgIpc) is 2.95. The molecule has 1 saturated carbocycles. The minimum atomic E-state index is -4.52. The van der Waals surface area contributed by atoms with Crippen molar-refractivity contribution in [2.45, 2.75) is 44.6 Å². The molecule has 0 aromatic carbocycles. The molecule has 1 aromatic heterocycles. The van der Waals surface area contributed by atoms with Gasteiger partial charge in [0.05, 0.1) is 12.1 Å². The molecule has 0 amide bonds. The molecule has 0 aliphatic heterocycles. The number of nitrogens with zero attached hydrogens (tertiary/aromatic N) is 1. The van der Waals surface area contributed by atoms with Gasteiger partial charge in [0.15, 0.2) is 0 Å². The third kappa shape index (κ3) is 6.32. The Hall–Kier alpha value is -1.36. The molecular formula is C16H26N2O10P2. The predicted octanol–water partition coefficient (Wildman–Crippen LogP) is 1.37. The number of hydrogen-bond acceptors (Lipinski definition) is 8. The zero-order valence-corrected chi connectivity index (χ0v) is 18.7. The highest BCUT2D eigenvalue weighted by Gasteiger charge is 2.48. The summed E-state index contributed by atoms with van der Waals surface area (Å²) in [5.41, 5.74) is -1.28. The number of aromatic amines is 1. The van der Waals surface area contributed by atoms with Crippen LogP contribution in [0.2, 0.25) is 0 Å². The van der Waals surface area contributed by atoms with E-state index in [0.717, 1.165) is 19.0 Å². The number of H-pyrrole nitrogens is 1. The van der Waals surface area contributed by atoms with Gasteiger partial charge in [-0.05, 0) is 20.3 Å². The van der Waals surface area contributed by atoms with E-state index in [1.165, 1.54) is 23.9 Å². The number of ether oxygens (including phenoxy) is 1. The van der Waals surface area contributed by atoms with Gasteiger partial charge in [-0.15, -0.1) is 0 Å². The third-order valence-electron chi connectivity index (χ3n) is 4.50. The van der Waals surface area contributed by atoms with E-state index in [1.54, 1.807) is 13.8 Å². The fourth-order valence-electron chi connectivity index (χ4n) is 3.31. The fraction of sp³-hybridized carbons (Fsp3) is 0.625. The predicted molar refractivity (Wildman–Crippen MR) is 106 cm³/mol. The van der Waals surface area contributed by atoms with Gasteiger partial charge >= 0.3 is 21.1 Å². The molecule has 0 saturated heterocycles. The van der Waals surface area contributed by atoms with Crippen molar-refractivity contribution in [1.29, 1.82) is 0 Å². The first-order chi connectivity index (χ1) is 13.9. The summed E-state index contributed by atoms with van der Waals surface area (Å²) in [5, 5.41) is 0. The van der Waals surface area contributed by atoms with E-state index in [2.05, 4.69) is 9.51 Å². The molecule has 0 bridgehead atoms. The van der Waals surface area contributed by atoms with Gasteiger partial charge in [-0.3, -0.25) is 28.0 Å². The molecule has 1 fully saturated rings. The molecule has 1 heterocycles. The highest BCUT2D eigenvalue weighted by Crippen LogP contribution is 2.52. The molecule has 2 unspecified atom stereocenters. The van der Waals surface area contributed by atoms with Crippen LogP contribution in [-0.4, -0.2) is 51.9 Å². The lowest BCUT2D eigenvalue weighted by Crippen LogP contribution is -2.38. The Kier molecular flexibility index (Phi) is 8.17. The van der Waals surface area contributed by atoms with E-state index in [4.69, 9.17) is 13.8 Å². The van der Waals surface area contributed by atoms with Crippen LogP contribution in [0, 0.1) is 5.92 Å². The van der Waals surface area contributed by atoms with Gasteiger partial charge in [-0.2, -0.15) is 0 Å². The third-order valence-corrected chi connectivity index (χ3v) is 6.77. The minimum Gasteiger partial charge on any atom is -0.377 e. The van der Waals surface area contributed by atoms with Crippen molar-refractivity contribution in [3.8, 4) is 0 Å². The first-order valence-corrected chi connectivity index (χ1v) is 12.1. The van der Waals surface area contributed by atoms with E-state index in [9.17, 15) is 28.5 Å². The van der Waals surface area contributed by atoms with Crippen LogP contribution in [-0.2, 0) is 27.4 Å². The van der Waals surface area contributed by atoms with Crippen molar-refractivity contribution < 1.29 is 37.2 Å². The van der Waals surface area contributed by atoms with Crippen LogP contribution in [0.25, 0.3) is 0 Å². The number of phosphoric acid groups is 1. The number of rotatable bonds is 9. The van der Waals surface area contributed by atoms with Crippen LogP contribution >= 0.6 is 15.4 Å². The molecular weight excluding hydrogens is 442 g/mol. The summed E-state index contributed by atoms with van der Waals surface area (Å²) in [5.74, 6) is 0.218. The Bertz CT molecular complexity index is 971. The molecule has 1 aromatic rings. The fourth-order valence-corrected chi connectivity index (χ4v) is 5.04. The van der Waals surface area contributed by atoms with Crippen LogP contribution in [0.1, 0.15) is 26.3 Å². The van der Waals surface area contributed by atoms with Crippen LogP contribution in [0.15, 0.2) is 33.7 Å². The van der Waals surface area contributed by atoms with Crippen LogP contribution < -0.4 is 11.2 Å². The van der Waals surface area contributed by atoms with Crippen molar-refractivity contribution in [1.82, 2.24) is 9.55 Å². The maximum atomic E-state index is 12.4. The Morgan fingerprint density at radius 2 is 1.90 bits per heavy atom. The highest BCUT2D eigenvalue weighted by atomic mass is 31.2. The number of phosphoric ester groups is 1. The summed E-state index contributed by atoms with van der Waals surface area (Å²) < 4.78 is 45.7. The smallest absolute Gasteiger partial charge is 0.377 e. The first kappa shape index (κ1) is 24.9. The summed E-state index contributed by atoms with van der Waals surface area (Å²) >= 11 is 0. The number of hydrogen-bond donors (Lipinski definition) is 3. The topological polar surface area (TPSA) is 166 Å². The van der Waals surface area contributed by atoms with Crippen LogP contribution in [0.3, 0.4) is 0 Å². The van der Waals surface area contributed by atoms with Gasteiger partial charge in [0.25, 0.3) is 5.56 Å². The molecule has 1 aliphatic carbocycles. The quantitative estimate of drug-likeness (QED) is 0.451. The normalized spacial score (nSPS) is 28.6. The SMILES string of the molecule is CO[C@@H]1[C@H](OP(=O)(O)OC(C)C)[C@@H](/C=C/P(=O)(O)OC)C[C@@H]1n1ccc(=O)[nH]c1=O. The second-order valence-corrected chi connectivity index (χ2v) is 10.1. The van der Waals surface area contributed by atoms with Crippen molar-refractivity contribution in [3.63, 3.8) is 0 Å². The maximum Gasteiger partial charge on any atom is 0.472 e. The van der Waals surface area contributed by atoms with Gasteiger partial charge in [-0.25, -0.2) is 9.36 Å². The number of methoxy groups -OCH3 is 1. The van der Waals surface area contributed by atoms with Crippen molar-refractivity contribution in [2.75, 3.05) is 14.2 Å². The minimum absolute atomic E-state index is 0.136. The second kappa shape index (κ2) is 9.84. The monoisotopic (exact) mass is 468 g/mol. The van der Waals surface area contributed by atoms with Crippen LogP contribution in [0.5, 0.6) is 0 Å². The van der Waals surface area contributed by atoms with Gasteiger partial charge in [-0.1, -0.05) is 6.08 Å². The molecule has 14 heteroatoms. The average molecular weight is 468 g/mol. The van der Waals surface area contributed by atoms with Crippen molar-refractivity contribution in [3.05, 3.63) is 45.0 Å². The molecule has 0 spiro atoms. The number of nitrogens with one attached hydrogen (secondary N) is 1. The van der Waals surface area contributed by atoms with Crippen molar-refractivity contribution in [2.24, 2.45) is 5.92 Å². The molecule has 2 rings (SSSR count). The summed E-state index contributed by atoms with van der Waals surface area (Å²) in [7, 11) is -6.14. The van der Waals surface area contributed by atoms with E-state index < -0.39 is 56.9 Å². The van der Waals surface area contributed by atoms with Crippen LogP contribution in [0.4, 0.5) is 0 Å². The van der Waals surface area contributed by atoms with Crippen molar-refractivity contribution >= 4 is 15.4 Å². The summed E-state index contributed by atoms with van der Waals surface area (Å²) in [6.07, 6.45) is 0.0861. The largest absolute Gasteiger partial charge is 0.472 e. The highest BCUT2D eigenvalue weighted by molar-refractivity contribution is 7.56. The first-order valence-electron chi connectivity index (χ1n) is 9.00. The number of aromatic nitrogens is 2. The summed E-state index contributed by atoms with van der Waals surface area (Å²) in [6, 6.07) is 0.442. The molecule has 3 N–H and O–H groups in total. The lowest BCUT2D eigenvalue weighted by molar-refractivity contribution is -0.0248. The Morgan fingerprint density at radius 1 is 1.23 bits per heavy atom. The van der Waals surface area contributed by atoms with Gasteiger partial charge < -0.3 is 19.0 Å². The van der Waals surface area contributed by atoms with Gasteiger partial charge in [0, 0.05) is 38.2 Å². The molecule has 12 nitrogen and oxygen atoms in total. The zero-order chi connectivity index (χ0) is 22.7. The molecule has 6 atom stereocenters.